The van der Waals surface area contributed by atoms with E-state index in [4.69, 9.17) is 0 Å². The lowest BCUT2D eigenvalue weighted by molar-refractivity contribution is -0.172. The fraction of sp³-hybridized carbons (Fsp3) is 0.714. The van der Waals surface area contributed by atoms with Gasteiger partial charge >= 0.3 is 0 Å². The van der Waals surface area contributed by atoms with Crippen molar-refractivity contribution >= 4 is 11.8 Å². The molecule has 0 radical (unpaired) electrons. The number of hydrogen-bond acceptors (Lipinski definition) is 4. The number of carbonyl (C=O) groups is 2. The average Bonchev–Trinajstić information content (AvgIpc) is 3.18. The third-order valence-corrected chi connectivity index (χ3v) is 17.6. The lowest BCUT2D eigenvalue weighted by atomic mass is 9.33. The summed E-state index contributed by atoms with van der Waals surface area (Å²) in [7, 11) is 0. The topological polar surface area (TPSA) is 82.3 Å². The molecule has 12 atom stereocenters. The number of amides is 2. The quantitative estimate of drug-likeness (QED) is 0.196. The number of halogens is 2. The zero-order valence-electron chi connectivity index (χ0n) is 34.5. The van der Waals surface area contributed by atoms with Crippen molar-refractivity contribution in [3.05, 3.63) is 71.3 Å². The zero-order valence-corrected chi connectivity index (χ0v) is 34.5. The van der Waals surface area contributed by atoms with Gasteiger partial charge in [-0.2, -0.15) is 0 Å². The molecule has 0 spiro atoms. The maximum atomic E-state index is 15.9. The van der Waals surface area contributed by atoms with Crippen LogP contribution in [0.5, 0.6) is 0 Å². The normalized spacial score (nSPS) is 45.5. The van der Waals surface area contributed by atoms with Crippen LogP contribution in [0.2, 0.25) is 0 Å². The molecule has 6 nitrogen and oxygen atoms in total. The summed E-state index contributed by atoms with van der Waals surface area (Å²) in [6.45, 7) is 6.04. The number of rotatable bonds is 10. The monoisotopic (exact) mass is 781 g/mol. The second-order valence-electron chi connectivity index (χ2n) is 21.9. The Morgan fingerprint density at radius 3 is 2.05 bits per heavy atom. The van der Waals surface area contributed by atoms with Gasteiger partial charge in [-0.25, -0.2) is 4.39 Å². The summed E-state index contributed by atoms with van der Waals surface area (Å²) in [5.41, 5.74) is 1.71. The minimum atomic E-state index is -1.05. The van der Waals surface area contributed by atoms with Gasteiger partial charge in [-0.3, -0.25) is 14.0 Å². The molecule has 4 unspecified atom stereocenters. The van der Waals surface area contributed by atoms with Crippen molar-refractivity contribution in [1.82, 2.24) is 21.3 Å². The molecule has 0 aromatic heterocycles. The van der Waals surface area contributed by atoms with Crippen molar-refractivity contribution in [3.8, 4) is 0 Å². The van der Waals surface area contributed by atoms with Crippen LogP contribution in [0.25, 0.3) is 0 Å². The number of carbonyl (C=O) groups excluding carboxylic acids is 2. The number of hydrogen-bond donors (Lipinski definition) is 4. The van der Waals surface area contributed by atoms with E-state index in [9.17, 15) is 9.59 Å². The lowest BCUT2D eigenvalue weighted by Crippen LogP contribution is -2.68. The predicted molar refractivity (Wildman–Crippen MR) is 220 cm³/mol. The fourth-order valence-electron chi connectivity index (χ4n) is 16.7. The molecule has 2 aromatic carbocycles. The summed E-state index contributed by atoms with van der Waals surface area (Å²) < 4.78 is 31.0. The van der Waals surface area contributed by atoms with Crippen LogP contribution in [-0.2, 0) is 25.8 Å². The van der Waals surface area contributed by atoms with Gasteiger partial charge in [0.2, 0.25) is 11.8 Å². The van der Waals surface area contributed by atoms with Crippen LogP contribution in [0.4, 0.5) is 8.78 Å². The zero-order chi connectivity index (χ0) is 39.3. The Labute approximate surface area is 339 Å². The van der Waals surface area contributed by atoms with Crippen molar-refractivity contribution in [2.75, 3.05) is 26.3 Å². The van der Waals surface area contributed by atoms with Crippen LogP contribution in [-0.4, -0.2) is 62.4 Å². The van der Waals surface area contributed by atoms with Crippen molar-refractivity contribution < 1.29 is 18.4 Å². The first-order valence-electron chi connectivity index (χ1n) is 22.8. The van der Waals surface area contributed by atoms with Crippen LogP contribution < -0.4 is 21.3 Å². The van der Waals surface area contributed by atoms with Gasteiger partial charge in [-0.05, 0) is 167 Å². The van der Waals surface area contributed by atoms with Crippen molar-refractivity contribution in [2.24, 2.45) is 27.6 Å². The van der Waals surface area contributed by atoms with Gasteiger partial charge < -0.3 is 21.3 Å². The molecule has 2 aliphatic heterocycles. The molecule has 4 N–H and O–H groups in total. The molecule has 308 valence electrons. The molecule has 2 aromatic rings. The third kappa shape index (κ3) is 6.17. The minimum absolute atomic E-state index is 0.0896. The van der Waals surface area contributed by atoms with Crippen LogP contribution in [0.1, 0.15) is 140 Å². The molecule has 2 saturated heterocycles. The molecule has 57 heavy (non-hydrogen) atoms. The highest BCUT2D eigenvalue weighted by Gasteiger charge is 2.71. The summed E-state index contributed by atoms with van der Waals surface area (Å²) >= 11 is 0. The maximum Gasteiger partial charge on any atom is 0.226 e. The Morgan fingerprint density at radius 2 is 1.37 bits per heavy atom. The van der Waals surface area contributed by atoms with Crippen molar-refractivity contribution in [2.45, 2.75) is 164 Å². The first-order chi connectivity index (χ1) is 27.4. The first-order valence-corrected chi connectivity index (χ1v) is 22.8. The molecule has 2 amide bonds. The Balaban J connectivity index is 1.00. The van der Waals surface area contributed by atoms with E-state index in [1.165, 1.54) is 23.1 Å². The molecule has 10 fully saturated rings. The molecular formula is C49H66F2N4O2. The highest BCUT2D eigenvalue weighted by molar-refractivity contribution is 5.85. The summed E-state index contributed by atoms with van der Waals surface area (Å²) in [4.78, 5) is 29.4. The Bertz CT molecular complexity index is 1880. The van der Waals surface area contributed by atoms with E-state index in [0.717, 1.165) is 103 Å². The van der Waals surface area contributed by atoms with Crippen molar-refractivity contribution in [3.63, 3.8) is 0 Å². The second-order valence-corrected chi connectivity index (χ2v) is 21.9. The Hall–Kier alpha value is -2.84. The standard InChI is InChI=1S/C49H66F2N4O2/c1-3-15-43-19-34-20-45(23-43,28-46(21-34,24-43)41(56)55-40-14-16-52-22-39(40)51)36-9-11-37(12-10-36)48-26-44(32-50)25-47(29-48,35-7-5-4-6-8-35)30-49(27-44,31-48)42(57)54-38-13-17-53-33(2)18-38/h4-12,33-34,38-40,52-53H,3,13-32H2,1-2H3,(H,54,57)(H,55,56)/t33-,34?,38+,39+,40-,43-,44-,45-,46?,47+,48?,49?/m1/s1. The number of benzene rings is 2. The number of alkyl halides is 2. The van der Waals surface area contributed by atoms with Crippen LogP contribution >= 0.6 is 0 Å². The fourth-order valence-corrected chi connectivity index (χ4v) is 16.7. The molecule has 8 saturated carbocycles. The predicted octanol–water partition coefficient (Wildman–Crippen LogP) is 8.27. The SMILES string of the molecule is CCC[C@]12CC3CC(C(=O)N[C@@H]4CCNC[C@@H]4F)(C1)C[C@@](c1ccc(C45CC6(C(=O)N[C@H]7CCN[C@H](C)C7)C[C@](CF)(C4)C[C@@](c4ccccc4)(C6)C5)cc1)(C3)C2. The number of nitrogens with one attached hydrogen (secondary N) is 4. The van der Waals surface area contributed by atoms with E-state index >= 15 is 8.78 Å². The van der Waals surface area contributed by atoms with Gasteiger partial charge in [-0.15, -0.1) is 0 Å². The van der Waals surface area contributed by atoms with Crippen LogP contribution in [0, 0.1) is 27.6 Å². The van der Waals surface area contributed by atoms with E-state index in [1.807, 2.05) is 0 Å². The summed E-state index contributed by atoms with van der Waals surface area (Å²) in [6, 6.07) is 20.4. The van der Waals surface area contributed by atoms with E-state index in [1.54, 1.807) is 0 Å². The van der Waals surface area contributed by atoms with Gasteiger partial charge in [0.1, 0.15) is 6.17 Å². The van der Waals surface area contributed by atoms with E-state index in [0.29, 0.717) is 31.3 Å². The Morgan fingerprint density at radius 1 is 0.719 bits per heavy atom. The number of piperidine rings is 2. The second kappa shape index (κ2) is 13.6. The molecule has 8 aliphatic carbocycles. The maximum absolute atomic E-state index is 15.9. The van der Waals surface area contributed by atoms with Crippen molar-refractivity contribution in [1.29, 1.82) is 0 Å². The highest BCUT2D eigenvalue weighted by atomic mass is 19.1. The molecule has 8 heteroatoms. The van der Waals surface area contributed by atoms with Gasteiger partial charge in [-0.1, -0.05) is 67.9 Å². The van der Waals surface area contributed by atoms with Gasteiger partial charge in [0, 0.05) is 24.0 Å². The molecule has 10 aliphatic rings. The van der Waals surface area contributed by atoms with Gasteiger partial charge in [0.15, 0.2) is 0 Å². The molecular weight excluding hydrogens is 715 g/mol. The van der Waals surface area contributed by atoms with E-state index in [-0.39, 0.29) is 39.5 Å². The largest absolute Gasteiger partial charge is 0.353 e. The highest BCUT2D eigenvalue weighted by Crippen LogP contribution is 2.75. The third-order valence-electron chi connectivity index (χ3n) is 17.6. The average molecular weight is 781 g/mol. The van der Waals surface area contributed by atoms with Gasteiger partial charge in [0.05, 0.1) is 23.5 Å². The Kier molecular flexibility index (Phi) is 9.15. The summed E-state index contributed by atoms with van der Waals surface area (Å²) in [5.74, 6) is 0.746. The molecule has 8 bridgehead atoms. The van der Waals surface area contributed by atoms with Gasteiger partial charge in [0.25, 0.3) is 0 Å². The van der Waals surface area contributed by atoms with E-state index < -0.39 is 35.1 Å². The molecule has 12 rings (SSSR count). The molecule has 2 heterocycles. The smallest absolute Gasteiger partial charge is 0.226 e. The van der Waals surface area contributed by atoms with E-state index in [2.05, 4.69) is 89.7 Å². The van der Waals surface area contributed by atoms with Crippen LogP contribution in [0.3, 0.4) is 0 Å². The summed E-state index contributed by atoms with van der Waals surface area (Å²) in [5, 5.41) is 13.5. The summed E-state index contributed by atoms with van der Waals surface area (Å²) in [6.07, 6.45) is 14.5. The van der Waals surface area contributed by atoms with Crippen LogP contribution in [0.15, 0.2) is 54.6 Å². The minimum Gasteiger partial charge on any atom is -0.353 e. The lowest BCUT2D eigenvalue weighted by Gasteiger charge is -2.70. The first kappa shape index (κ1) is 38.4.